The number of hydrogen-bond acceptors (Lipinski definition) is 3. The van der Waals surface area contributed by atoms with Gasteiger partial charge in [-0.15, -0.1) is 0 Å². The molecule has 0 spiro atoms. The highest BCUT2D eigenvalue weighted by Gasteiger charge is 2.07. The summed E-state index contributed by atoms with van der Waals surface area (Å²) in [6.45, 7) is 0.233. The molecule has 0 aliphatic rings. The Morgan fingerprint density at radius 3 is 2.04 bits per heavy atom. The lowest BCUT2D eigenvalue weighted by Gasteiger charge is -2.08. The van der Waals surface area contributed by atoms with Gasteiger partial charge in [0.2, 0.25) is 5.91 Å². The van der Waals surface area contributed by atoms with Crippen molar-refractivity contribution in [3.05, 3.63) is 58.6 Å². The molecule has 0 fully saturated rings. The van der Waals surface area contributed by atoms with Crippen LogP contribution in [0.1, 0.15) is 16.8 Å². The molecule has 0 aliphatic heterocycles. The van der Waals surface area contributed by atoms with Gasteiger partial charge in [0, 0.05) is 41.4 Å². The van der Waals surface area contributed by atoms with E-state index >= 15 is 0 Å². The van der Waals surface area contributed by atoms with E-state index < -0.39 is 0 Å². The maximum absolute atomic E-state index is 11.9. The Morgan fingerprint density at radius 2 is 1.46 bits per heavy atom. The number of benzene rings is 2. The average Bonchev–Trinajstić information content (AvgIpc) is 2.63. The van der Waals surface area contributed by atoms with Gasteiger partial charge in [0.05, 0.1) is 0 Å². The molecule has 136 valence electrons. The van der Waals surface area contributed by atoms with Crippen LogP contribution in [0.25, 0.3) is 0 Å². The molecule has 7 nitrogen and oxygen atoms in total. The minimum absolute atomic E-state index is 0.153. The van der Waals surface area contributed by atoms with E-state index in [2.05, 4.69) is 37.2 Å². The summed E-state index contributed by atoms with van der Waals surface area (Å²) >= 11 is 3.31. The minimum atomic E-state index is -0.316. The zero-order valence-corrected chi connectivity index (χ0v) is 15.7. The topological polar surface area (TPSA) is 99.3 Å². The number of nitrogens with one attached hydrogen (secondary N) is 4. The van der Waals surface area contributed by atoms with Crippen LogP contribution in [0.3, 0.4) is 0 Å². The molecule has 0 unspecified atom stereocenters. The zero-order chi connectivity index (χ0) is 18.9. The number of hydrogen-bond donors (Lipinski definition) is 4. The third-order valence-corrected chi connectivity index (χ3v) is 3.93. The summed E-state index contributed by atoms with van der Waals surface area (Å²) in [5, 5.41) is 10.5. The second kappa shape index (κ2) is 9.57. The number of amides is 4. The van der Waals surface area contributed by atoms with Gasteiger partial charge in [-0.3, -0.25) is 9.59 Å². The first-order valence-corrected chi connectivity index (χ1v) is 8.69. The maximum Gasteiger partial charge on any atom is 0.318 e. The van der Waals surface area contributed by atoms with E-state index in [1.165, 1.54) is 7.05 Å². The molecule has 0 heterocycles. The van der Waals surface area contributed by atoms with Crippen LogP contribution in [0.4, 0.5) is 16.2 Å². The highest BCUT2D eigenvalue weighted by molar-refractivity contribution is 9.10. The summed E-state index contributed by atoms with van der Waals surface area (Å²) in [5.74, 6) is -0.442. The molecule has 0 radical (unpaired) electrons. The van der Waals surface area contributed by atoms with Crippen molar-refractivity contribution in [1.29, 1.82) is 0 Å². The Kier molecular flexibility index (Phi) is 7.16. The predicted octanol–water partition coefficient (Wildman–Crippen LogP) is 2.96. The molecule has 0 bridgehead atoms. The van der Waals surface area contributed by atoms with Gasteiger partial charge in [0.15, 0.2) is 0 Å². The van der Waals surface area contributed by atoms with Crippen LogP contribution in [0.15, 0.2) is 53.0 Å². The normalized spacial score (nSPS) is 9.92. The van der Waals surface area contributed by atoms with Gasteiger partial charge < -0.3 is 21.3 Å². The summed E-state index contributed by atoms with van der Waals surface area (Å²) in [7, 11) is 1.53. The molecule has 26 heavy (non-hydrogen) atoms. The van der Waals surface area contributed by atoms with Gasteiger partial charge in [0.25, 0.3) is 5.91 Å². The molecule has 2 aromatic carbocycles. The van der Waals surface area contributed by atoms with Crippen LogP contribution < -0.4 is 21.3 Å². The second-order valence-corrected chi connectivity index (χ2v) is 6.26. The van der Waals surface area contributed by atoms with E-state index in [0.717, 1.165) is 4.47 Å². The van der Waals surface area contributed by atoms with E-state index in [-0.39, 0.29) is 30.8 Å². The van der Waals surface area contributed by atoms with Gasteiger partial charge in [-0.05, 0) is 48.5 Å². The Hall–Kier alpha value is -2.87. The molecular weight excluding hydrogens is 400 g/mol. The van der Waals surface area contributed by atoms with Gasteiger partial charge >= 0.3 is 6.03 Å². The summed E-state index contributed by atoms with van der Waals surface area (Å²) in [4.78, 5) is 35.1. The molecule has 2 aromatic rings. The van der Waals surface area contributed by atoms with Gasteiger partial charge in [-0.25, -0.2) is 4.79 Å². The molecule has 2 rings (SSSR count). The molecular formula is C18H19BrN4O3. The van der Waals surface area contributed by atoms with E-state index in [4.69, 9.17) is 0 Å². The first-order chi connectivity index (χ1) is 12.5. The van der Waals surface area contributed by atoms with Crippen molar-refractivity contribution in [2.45, 2.75) is 6.42 Å². The van der Waals surface area contributed by atoms with Crippen LogP contribution >= 0.6 is 15.9 Å². The third-order valence-electron chi connectivity index (χ3n) is 3.40. The van der Waals surface area contributed by atoms with Crippen molar-refractivity contribution in [2.75, 3.05) is 24.2 Å². The van der Waals surface area contributed by atoms with E-state index in [1.54, 1.807) is 48.5 Å². The first kappa shape index (κ1) is 19.5. The molecule has 0 saturated heterocycles. The fourth-order valence-electron chi connectivity index (χ4n) is 2.05. The molecule has 8 heteroatoms. The van der Waals surface area contributed by atoms with Crippen LogP contribution in [-0.2, 0) is 4.79 Å². The fourth-order valence-corrected chi connectivity index (χ4v) is 2.31. The van der Waals surface area contributed by atoms with Crippen molar-refractivity contribution in [1.82, 2.24) is 10.6 Å². The summed E-state index contributed by atoms with van der Waals surface area (Å²) in [6, 6.07) is 13.4. The monoisotopic (exact) mass is 418 g/mol. The Bertz CT molecular complexity index is 776. The van der Waals surface area contributed by atoms with Crippen LogP contribution in [0.5, 0.6) is 0 Å². The summed E-state index contributed by atoms with van der Waals surface area (Å²) in [6.07, 6.45) is 0.153. The van der Waals surface area contributed by atoms with E-state index in [0.29, 0.717) is 16.9 Å². The Balaban J connectivity index is 1.75. The third kappa shape index (κ3) is 6.21. The van der Waals surface area contributed by atoms with Crippen LogP contribution in [-0.4, -0.2) is 31.4 Å². The lowest BCUT2D eigenvalue weighted by Crippen LogP contribution is -2.27. The van der Waals surface area contributed by atoms with Gasteiger partial charge in [0.1, 0.15) is 0 Å². The van der Waals surface area contributed by atoms with Gasteiger partial charge in [-0.2, -0.15) is 0 Å². The Morgan fingerprint density at radius 1 is 0.885 bits per heavy atom. The number of carbonyl (C=O) groups excluding carboxylic acids is 3. The second-order valence-electron chi connectivity index (χ2n) is 5.34. The summed E-state index contributed by atoms with van der Waals surface area (Å²) < 4.78 is 0.893. The largest absolute Gasteiger partial charge is 0.352 e. The van der Waals surface area contributed by atoms with Crippen molar-refractivity contribution in [2.24, 2.45) is 0 Å². The number of rotatable bonds is 6. The van der Waals surface area contributed by atoms with Crippen LogP contribution in [0.2, 0.25) is 0 Å². The average molecular weight is 419 g/mol. The van der Waals surface area contributed by atoms with Crippen molar-refractivity contribution < 1.29 is 14.4 Å². The minimum Gasteiger partial charge on any atom is -0.352 e. The van der Waals surface area contributed by atoms with Crippen molar-refractivity contribution in [3.63, 3.8) is 0 Å². The quantitative estimate of drug-likeness (QED) is 0.580. The zero-order valence-electron chi connectivity index (χ0n) is 14.1. The number of urea groups is 1. The van der Waals surface area contributed by atoms with Gasteiger partial charge in [-0.1, -0.05) is 15.9 Å². The molecule has 0 saturated carbocycles. The molecule has 0 atom stereocenters. The number of anilines is 2. The Labute approximate surface area is 159 Å². The van der Waals surface area contributed by atoms with Crippen LogP contribution in [0, 0.1) is 0 Å². The number of halogens is 1. The maximum atomic E-state index is 11.9. The SMILES string of the molecule is CNC(=O)Nc1ccc(NC(=O)CCNC(=O)c2ccc(Br)cc2)cc1. The van der Waals surface area contributed by atoms with E-state index in [1.807, 2.05) is 0 Å². The molecule has 4 N–H and O–H groups in total. The fraction of sp³-hybridized carbons (Fsp3) is 0.167. The highest BCUT2D eigenvalue weighted by Crippen LogP contribution is 2.14. The molecule has 0 aliphatic carbocycles. The first-order valence-electron chi connectivity index (χ1n) is 7.90. The lowest BCUT2D eigenvalue weighted by molar-refractivity contribution is -0.116. The lowest BCUT2D eigenvalue weighted by atomic mass is 10.2. The van der Waals surface area contributed by atoms with E-state index in [9.17, 15) is 14.4 Å². The predicted molar refractivity (Wildman–Crippen MR) is 104 cm³/mol. The highest BCUT2D eigenvalue weighted by atomic mass is 79.9. The summed E-state index contributed by atoms with van der Waals surface area (Å²) in [5.41, 5.74) is 1.76. The van der Waals surface area contributed by atoms with Crippen molar-refractivity contribution >= 4 is 45.2 Å². The molecule has 4 amide bonds. The smallest absolute Gasteiger partial charge is 0.318 e. The number of carbonyl (C=O) groups is 3. The molecule has 0 aromatic heterocycles. The van der Waals surface area contributed by atoms with Crippen molar-refractivity contribution in [3.8, 4) is 0 Å². The standard InChI is InChI=1S/C18H19BrN4O3/c1-20-18(26)23-15-8-6-14(7-9-15)22-16(24)10-11-21-17(25)12-2-4-13(19)5-3-12/h2-9H,10-11H2,1H3,(H,21,25)(H,22,24)(H2,20,23,26).